The van der Waals surface area contributed by atoms with Crippen LogP contribution in [0.15, 0.2) is 18.2 Å². The zero-order valence-electron chi connectivity index (χ0n) is 11.9. The van der Waals surface area contributed by atoms with Crippen LogP contribution in [-0.4, -0.2) is 29.9 Å². The minimum absolute atomic E-state index is 0. The molecule has 1 aliphatic heterocycles. The maximum atomic E-state index is 13.8. The van der Waals surface area contributed by atoms with Gasteiger partial charge in [-0.3, -0.25) is 4.79 Å². The first-order valence-corrected chi connectivity index (χ1v) is 6.80. The van der Waals surface area contributed by atoms with E-state index in [1.165, 1.54) is 6.07 Å². The number of amides is 1. The summed E-state index contributed by atoms with van der Waals surface area (Å²) in [5.41, 5.74) is 6.89. The number of nitrogens with zero attached hydrogens (tertiary/aromatic N) is 1. The summed E-state index contributed by atoms with van der Waals surface area (Å²) in [4.78, 5) is 14.1. The second-order valence-corrected chi connectivity index (χ2v) is 5.50. The monoisotopic (exact) mass is 300 g/mol. The minimum Gasteiger partial charge on any atom is -0.338 e. The quantitative estimate of drug-likeness (QED) is 0.913. The van der Waals surface area contributed by atoms with Crippen LogP contribution in [0.2, 0.25) is 0 Å². The van der Waals surface area contributed by atoms with Crippen molar-refractivity contribution in [3.8, 4) is 0 Å². The van der Waals surface area contributed by atoms with Gasteiger partial charge in [-0.25, -0.2) is 4.39 Å². The number of benzene rings is 1. The fourth-order valence-corrected chi connectivity index (χ4v) is 2.59. The average molecular weight is 301 g/mol. The third-order valence-corrected chi connectivity index (χ3v) is 3.84. The first-order valence-electron chi connectivity index (χ1n) is 6.80. The molecule has 0 saturated carbocycles. The van der Waals surface area contributed by atoms with Crippen LogP contribution < -0.4 is 5.73 Å². The van der Waals surface area contributed by atoms with Gasteiger partial charge in [0.1, 0.15) is 5.82 Å². The first-order chi connectivity index (χ1) is 8.99. The van der Waals surface area contributed by atoms with Gasteiger partial charge >= 0.3 is 0 Å². The molecule has 2 rings (SSSR count). The molecule has 20 heavy (non-hydrogen) atoms. The summed E-state index contributed by atoms with van der Waals surface area (Å²) in [7, 11) is 0. The molecule has 2 N–H and O–H groups in total. The standard InChI is InChI=1S/C15H21FN2O.ClH/c1-10-5-6-13(14(16)8-10)15(19)18-7-3-4-12(9-18)11(2)17;/h5-6,8,11-12H,3-4,7,9,17H2,1-2H3;1H. The van der Waals surface area contributed by atoms with Crippen molar-refractivity contribution < 1.29 is 9.18 Å². The lowest BCUT2D eigenvalue weighted by Crippen LogP contribution is -2.45. The molecule has 1 saturated heterocycles. The van der Waals surface area contributed by atoms with Gasteiger partial charge in [0.25, 0.3) is 5.91 Å². The lowest BCUT2D eigenvalue weighted by molar-refractivity contribution is 0.0656. The summed E-state index contributed by atoms with van der Waals surface area (Å²) >= 11 is 0. The van der Waals surface area contributed by atoms with Crippen LogP contribution in [-0.2, 0) is 0 Å². The molecule has 1 aliphatic rings. The third-order valence-electron chi connectivity index (χ3n) is 3.84. The summed E-state index contributed by atoms with van der Waals surface area (Å²) in [6.45, 7) is 5.09. The Bertz CT molecular complexity index is 479. The molecule has 3 nitrogen and oxygen atoms in total. The highest BCUT2D eigenvalue weighted by Gasteiger charge is 2.27. The van der Waals surface area contributed by atoms with Crippen LogP contribution in [0.3, 0.4) is 0 Å². The normalized spacial score (nSPS) is 20.2. The second-order valence-electron chi connectivity index (χ2n) is 5.50. The van der Waals surface area contributed by atoms with Crippen LogP contribution >= 0.6 is 12.4 Å². The van der Waals surface area contributed by atoms with Gasteiger partial charge < -0.3 is 10.6 Å². The maximum Gasteiger partial charge on any atom is 0.256 e. The van der Waals surface area contributed by atoms with E-state index < -0.39 is 5.82 Å². The summed E-state index contributed by atoms with van der Waals surface area (Å²) in [5.74, 6) is -0.345. The number of likely N-dealkylation sites (tertiary alicyclic amines) is 1. The number of carbonyl (C=O) groups excluding carboxylic acids is 1. The van der Waals surface area contributed by atoms with Gasteiger partial charge in [-0.2, -0.15) is 0 Å². The number of rotatable bonds is 2. The van der Waals surface area contributed by atoms with E-state index in [0.29, 0.717) is 19.0 Å². The van der Waals surface area contributed by atoms with E-state index in [4.69, 9.17) is 5.73 Å². The number of aryl methyl sites for hydroxylation is 1. The molecule has 0 bridgehead atoms. The Morgan fingerprint density at radius 1 is 1.50 bits per heavy atom. The molecule has 1 fully saturated rings. The van der Waals surface area contributed by atoms with Crippen molar-refractivity contribution in [2.75, 3.05) is 13.1 Å². The summed E-state index contributed by atoms with van der Waals surface area (Å²) in [6.07, 6.45) is 1.98. The molecule has 5 heteroatoms. The van der Waals surface area contributed by atoms with Crippen LogP contribution in [0.5, 0.6) is 0 Å². The summed E-state index contributed by atoms with van der Waals surface area (Å²) < 4.78 is 13.8. The number of hydrogen-bond acceptors (Lipinski definition) is 2. The first kappa shape index (κ1) is 16.9. The van der Waals surface area contributed by atoms with Crippen molar-refractivity contribution in [3.63, 3.8) is 0 Å². The van der Waals surface area contributed by atoms with E-state index in [2.05, 4.69) is 0 Å². The largest absolute Gasteiger partial charge is 0.338 e. The highest BCUT2D eigenvalue weighted by atomic mass is 35.5. The second kappa shape index (κ2) is 7.04. The van der Waals surface area contributed by atoms with Gasteiger partial charge in [-0.15, -0.1) is 12.4 Å². The van der Waals surface area contributed by atoms with Crippen molar-refractivity contribution in [2.45, 2.75) is 32.7 Å². The van der Waals surface area contributed by atoms with Crippen molar-refractivity contribution >= 4 is 18.3 Å². The van der Waals surface area contributed by atoms with Crippen LogP contribution in [0.4, 0.5) is 4.39 Å². The average Bonchev–Trinajstić information content (AvgIpc) is 2.38. The van der Waals surface area contributed by atoms with Gasteiger partial charge in [-0.05, 0) is 50.3 Å². The lowest BCUT2D eigenvalue weighted by Gasteiger charge is -2.34. The molecule has 0 aliphatic carbocycles. The maximum absolute atomic E-state index is 13.8. The Kier molecular flexibility index (Phi) is 5.96. The van der Waals surface area contributed by atoms with E-state index in [1.54, 1.807) is 17.0 Å². The fraction of sp³-hybridized carbons (Fsp3) is 0.533. The van der Waals surface area contributed by atoms with Gasteiger partial charge in [0.2, 0.25) is 0 Å². The van der Waals surface area contributed by atoms with Crippen LogP contribution in [0, 0.1) is 18.7 Å². The van der Waals surface area contributed by atoms with Crippen molar-refractivity contribution in [2.24, 2.45) is 11.7 Å². The van der Waals surface area contributed by atoms with Crippen molar-refractivity contribution in [1.82, 2.24) is 4.90 Å². The van der Waals surface area contributed by atoms with Gasteiger partial charge in [-0.1, -0.05) is 6.07 Å². The Balaban J connectivity index is 0.00000200. The zero-order chi connectivity index (χ0) is 14.0. The fourth-order valence-electron chi connectivity index (χ4n) is 2.59. The Labute approximate surface area is 125 Å². The predicted molar refractivity (Wildman–Crippen MR) is 80.7 cm³/mol. The molecule has 1 heterocycles. The SMILES string of the molecule is Cc1ccc(C(=O)N2CCCC(C(C)N)C2)c(F)c1.Cl. The molecular formula is C15H22ClFN2O. The topological polar surface area (TPSA) is 46.3 Å². The molecule has 0 radical (unpaired) electrons. The number of carbonyl (C=O) groups is 1. The van der Waals surface area contributed by atoms with Gasteiger partial charge in [0.05, 0.1) is 5.56 Å². The number of halogens is 2. The molecule has 112 valence electrons. The zero-order valence-corrected chi connectivity index (χ0v) is 12.8. The van der Waals surface area contributed by atoms with E-state index in [0.717, 1.165) is 18.4 Å². The Hall–Kier alpha value is -1.13. The highest BCUT2D eigenvalue weighted by molar-refractivity contribution is 5.94. The number of piperidine rings is 1. The summed E-state index contributed by atoms with van der Waals surface area (Å²) in [5, 5.41) is 0. The minimum atomic E-state index is -0.437. The third kappa shape index (κ3) is 3.70. The molecule has 1 aromatic rings. The van der Waals surface area contributed by atoms with E-state index in [1.807, 2.05) is 13.8 Å². The summed E-state index contributed by atoms with van der Waals surface area (Å²) in [6, 6.07) is 4.81. The molecule has 2 unspecified atom stereocenters. The molecule has 0 aromatic heterocycles. The van der Waals surface area contributed by atoms with Crippen molar-refractivity contribution in [3.05, 3.63) is 35.1 Å². The van der Waals surface area contributed by atoms with Crippen molar-refractivity contribution in [1.29, 1.82) is 0 Å². The number of hydrogen-bond donors (Lipinski definition) is 1. The van der Waals surface area contributed by atoms with E-state index in [9.17, 15) is 9.18 Å². The van der Waals surface area contributed by atoms with E-state index >= 15 is 0 Å². The molecule has 1 amide bonds. The predicted octanol–water partition coefficient (Wildman–Crippen LogP) is 2.76. The van der Waals surface area contributed by atoms with E-state index in [-0.39, 0.29) is 29.9 Å². The molecule has 0 spiro atoms. The van der Waals surface area contributed by atoms with Crippen LogP contribution in [0.1, 0.15) is 35.7 Å². The lowest BCUT2D eigenvalue weighted by atomic mass is 9.92. The molecule has 1 aromatic carbocycles. The molecule has 2 atom stereocenters. The van der Waals surface area contributed by atoms with Crippen LogP contribution in [0.25, 0.3) is 0 Å². The smallest absolute Gasteiger partial charge is 0.256 e. The van der Waals surface area contributed by atoms with Gasteiger partial charge in [0.15, 0.2) is 0 Å². The number of nitrogens with two attached hydrogens (primary N) is 1. The van der Waals surface area contributed by atoms with Gasteiger partial charge in [0, 0.05) is 19.1 Å². The highest BCUT2D eigenvalue weighted by Crippen LogP contribution is 2.21. The Morgan fingerprint density at radius 2 is 2.20 bits per heavy atom. The molecular weight excluding hydrogens is 279 g/mol. The Morgan fingerprint density at radius 3 is 2.80 bits per heavy atom.